The molecule has 0 radical (unpaired) electrons. The number of esters is 2. The van der Waals surface area contributed by atoms with Crippen LogP contribution >= 0.6 is 0 Å². The third kappa shape index (κ3) is 2.37. The molecule has 2 fully saturated rings. The lowest BCUT2D eigenvalue weighted by molar-refractivity contribution is -0.154. The van der Waals surface area contributed by atoms with Gasteiger partial charge in [0.1, 0.15) is 5.60 Å². The van der Waals surface area contributed by atoms with Gasteiger partial charge in [-0.05, 0) is 43.2 Å². The summed E-state index contributed by atoms with van der Waals surface area (Å²) in [7, 11) is 1.38. The average Bonchev–Trinajstić information content (AvgIpc) is 3.14. The maximum absolute atomic E-state index is 13.2. The van der Waals surface area contributed by atoms with Gasteiger partial charge in [-0.1, -0.05) is 25.2 Å². The van der Waals surface area contributed by atoms with Crippen molar-refractivity contribution in [1.29, 1.82) is 0 Å². The highest BCUT2D eigenvalue weighted by Crippen LogP contribution is 2.62. The average molecular weight is 356 g/mol. The van der Waals surface area contributed by atoms with Crippen LogP contribution in [0.5, 0.6) is 0 Å². The number of hydrogen-bond donors (Lipinski definition) is 0. The van der Waals surface area contributed by atoms with Crippen LogP contribution < -0.4 is 0 Å². The molecule has 1 aromatic rings. The first-order valence-corrected chi connectivity index (χ1v) is 9.22. The maximum atomic E-state index is 13.2. The van der Waals surface area contributed by atoms with Crippen molar-refractivity contribution in [2.45, 2.75) is 44.6 Å². The van der Waals surface area contributed by atoms with Crippen LogP contribution in [0.15, 0.2) is 46.8 Å². The Labute approximate surface area is 153 Å². The van der Waals surface area contributed by atoms with E-state index in [-0.39, 0.29) is 23.8 Å². The molecule has 1 aromatic heterocycles. The van der Waals surface area contributed by atoms with Crippen LogP contribution in [0.3, 0.4) is 0 Å². The van der Waals surface area contributed by atoms with E-state index in [1.165, 1.54) is 7.11 Å². The SMILES string of the molecule is COC(=O)C1=CC=C[C@H]2[C@@]3(CC[C@@H](C)[C@@]2(CCc2ccoc2)C(=O)O3)C1. The molecule has 1 saturated carbocycles. The number of aryl methyl sites for hydroxylation is 1. The minimum absolute atomic E-state index is 0.0310. The predicted molar refractivity (Wildman–Crippen MR) is 94.0 cm³/mol. The monoisotopic (exact) mass is 356 g/mol. The number of hydrogen-bond acceptors (Lipinski definition) is 5. The van der Waals surface area contributed by atoms with Crippen molar-refractivity contribution in [2.75, 3.05) is 7.11 Å². The van der Waals surface area contributed by atoms with Crippen molar-refractivity contribution >= 4 is 11.9 Å². The standard InChI is InChI=1S/C21H24O5/c1-14-6-9-20-12-16(18(22)24-2)4-3-5-17(20)21(14,19(23)26-20)10-7-15-8-11-25-13-15/h3-5,8,11,13-14,17H,6-7,9-10,12H2,1-2H3/t14-,17+,20-,21-/m1/s1. The number of rotatable bonds is 4. The first kappa shape index (κ1) is 17.1. The van der Waals surface area contributed by atoms with Crippen molar-refractivity contribution < 1.29 is 23.5 Å². The molecule has 2 aliphatic carbocycles. The van der Waals surface area contributed by atoms with E-state index in [0.717, 1.165) is 31.2 Å². The topological polar surface area (TPSA) is 65.7 Å². The molecule has 26 heavy (non-hydrogen) atoms. The van der Waals surface area contributed by atoms with E-state index in [4.69, 9.17) is 13.9 Å². The van der Waals surface area contributed by atoms with Gasteiger partial charge in [0.25, 0.3) is 0 Å². The fourth-order valence-corrected chi connectivity index (χ4v) is 5.18. The van der Waals surface area contributed by atoms with Gasteiger partial charge >= 0.3 is 11.9 Å². The minimum atomic E-state index is -0.632. The van der Waals surface area contributed by atoms with Crippen LogP contribution in [-0.2, 0) is 25.5 Å². The van der Waals surface area contributed by atoms with Crippen LogP contribution in [-0.4, -0.2) is 24.6 Å². The van der Waals surface area contributed by atoms with E-state index in [9.17, 15) is 9.59 Å². The van der Waals surface area contributed by atoms with Gasteiger partial charge in [-0.3, -0.25) is 4.79 Å². The molecule has 5 nitrogen and oxygen atoms in total. The molecular weight excluding hydrogens is 332 g/mol. The third-order valence-electron chi connectivity index (χ3n) is 6.62. The lowest BCUT2D eigenvalue weighted by Gasteiger charge is -2.45. The number of methoxy groups -OCH3 is 1. The van der Waals surface area contributed by atoms with E-state index in [1.54, 1.807) is 18.6 Å². The molecule has 4 rings (SSSR count). The fraction of sp³-hybridized carbons (Fsp3) is 0.524. The van der Waals surface area contributed by atoms with Gasteiger partial charge in [0.15, 0.2) is 0 Å². The van der Waals surface area contributed by atoms with Gasteiger partial charge in [-0.15, -0.1) is 0 Å². The second-order valence-corrected chi connectivity index (χ2v) is 7.79. The van der Waals surface area contributed by atoms with Crippen LogP contribution in [0, 0.1) is 17.3 Å². The zero-order chi connectivity index (χ0) is 18.4. The highest BCUT2D eigenvalue weighted by atomic mass is 16.6. The van der Waals surface area contributed by atoms with E-state index < -0.39 is 11.0 Å². The Morgan fingerprint density at radius 3 is 3.00 bits per heavy atom. The molecule has 138 valence electrons. The molecule has 0 spiro atoms. The third-order valence-corrected chi connectivity index (χ3v) is 6.62. The summed E-state index contributed by atoms with van der Waals surface area (Å²) in [6.45, 7) is 2.15. The Balaban J connectivity index is 1.69. The van der Waals surface area contributed by atoms with Crippen molar-refractivity contribution in [3.8, 4) is 0 Å². The minimum Gasteiger partial charge on any atom is -0.472 e. The van der Waals surface area contributed by atoms with E-state index >= 15 is 0 Å². The van der Waals surface area contributed by atoms with E-state index in [0.29, 0.717) is 12.0 Å². The largest absolute Gasteiger partial charge is 0.472 e. The van der Waals surface area contributed by atoms with Crippen LogP contribution in [0.2, 0.25) is 0 Å². The summed E-state index contributed by atoms with van der Waals surface area (Å²) in [6, 6.07) is 1.94. The summed E-state index contributed by atoms with van der Waals surface area (Å²) < 4.78 is 16.1. The fourth-order valence-electron chi connectivity index (χ4n) is 5.18. The predicted octanol–water partition coefficient (Wildman–Crippen LogP) is 3.60. The van der Waals surface area contributed by atoms with Gasteiger partial charge in [0, 0.05) is 17.9 Å². The van der Waals surface area contributed by atoms with Crippen LogP contribution in [0.1, 0.15) is 38.2 Å². The summed E-state index contributed by atoms with van der Waals surface area (Å²) in [5, 5.41) is 0. The Bertz CT molecular complexity index is 774. The second kappa shape index (κ2) is 6.15. The van der Waals surface area contributed by atoms with Crippen molar-refractivity contribution in [1.82, 2.24) is 0 Å². The molecule has 0 N–H and O–H groups in total. The lowest BCUT2D eigenvalue weighted by atomic mass is 9.54. The molecule has 0 unspecified atom stereocenters. The Hall–Kier alpha value is -2.30. The molecule has 1 aliphatic heterocycles. The Morgan fingerprint density at radius 1 is 1.42 bits per heavy atom. The quantitative estimate of drug-likeness (QED) is 0.771. The maximum Gasteiger partial charge on any atom is 0.333 e. The van der Waals surface area contributed by atoms with Crippen LogP contribution in [0.25, 0.3) is 0 Å². The van der Waals surface area contributed by atoms with E-state index in [1.807, 2.05) is 12.1 Å². The molecule has 2 heterocycles. The number of ether oxygens (including phenoxy) is 2. The van der Waals surface area contributed by atoms with Gasteiger partial charge in [-0.25, -0.2) is 4.79 Å². The number of allylic oxidation sites excluding steroid dienone is 2. The molecule has 5 heteroatoms. The van der Waals surface area contributed by atoms with Gasteiger partial charge in [0.05, 0.1) is 25.1 Å². The Kier molecular flexibility index (Phi) is 4.05. The molecule has 3 aliphatic rings. The first-order chi connectivity index (χ1) is 12.5. The smallest absolute Gasteiger partial charge is 0.333 e. The van der Waals surface area contributed by atoms with Crippen molar-refractivity contribution in [3.05, 3.63) is 48.0 Å². The Morgan fingerprint density at radius 2 is 2.27 bits per heavy atom. The summed E-state index contributed by atoms with van der Waals surface area (Å²) in [4.78, 5) is 25.2. The highest BCUT2D eigenvalue weighted by molar-refractivity contribution is 5.90. The first-order valence-electron chi connectivity index (χ1n) is 9.22. The van der Waals surface area contributed by atoms with Gasteiger partial charge in [0.2, 0.25) is 0 Å². The normalized spacial score (nSPS) is 35.3. The van der Waals surface area contributed by atoms with Gasteiger partial charge < -0.3 is 13.9 Å². The summed E-state index contributed by atoms with van der Waals surface area (Å²) >= 11 is 0. The van der Waals surface area contributed by atoms with E-state index in [2.05, 4.69) is 13.0 Å². The van der Waals surface area contributed by atoms with Crippen LogP contribution in [0.4, 0.5) is 0 Å². The zero-order valence-electron chi connectivity index (χ0n) is 15.2. The summed E-state index contributed by atoms with van der Waals surface area (Å²) in [5.74, 6) is -0.273. The molecular formula is C21H24O5. The van der Waals surface area contributed by atoms with Crippen molar-refractivity contribution in [2.24, 2.45) is 17.3 Å². The summed E-state index contributed by atoms with van der Waals surface area (Å²) in [6.07, 6.45) is 12.8. The summed E-state index contributed by atoms with van der Waals surface area (Å²) in [5.41, 5.74) is 0.478. The molecule has 0 aromatic carbocycles. The molecule has 1 saturated heterocycles. The zero-order valence-corrected chi connectivity index (χ0v) is 15.2. The number of furan rings is 1. The number of carbonyl (C=O) groups excluding carboxylic acids is 2. The number of carbonyl (C=O) groups is 2. The van der Waals surface area contributed by atoms with Gasteiger partial charge in [-0.2, -0.15) is 0 Å². The van der Waals surface area contributed by atoms with Crippen molar-refractivity contribution in [3.63, 3.8) is 0 Å². The second-order valence-electron chi connectivity index (χ2n) is 7.79. The molecule has 4 atom stereocenters. The molecule has 0 amide bonds. The lowest BCUT2D eigenvalue weighted by Crippen LogP contribution is -2.49. The highest BCUT2D eigenvalue weighted by Gasteiger charge is 2.68. The molecule has 2 bridgehead atoms.